The molecule has 1 amide bonds. The molecule has 1 N–H and O–H groups in total. The van der Waals surface area contributed by atoms with Crippen LogP contribution in [-0.2, 0) is 16.6 Å². The van der Waals surface area contributed by atoms with Gasteiger partial charge in [0.2, 0.25) is 0 Å². The van der Waals surface area contributed by atoms with Crippen molar-refractivity contribution < 1.29 is 18.7 Å². The van der Waals surface area contributed by atoms with Crippen molar-refractivity contribution in [1.82, 2.24) is 9.78 Å². The zero-order valence-corrected chi connectivity index (χ0v) is 13.4. The number of hydrogen-bond donors (Lipinski definition) is 1. The summed E-state index contributed by atoms with van der Waals surface area (Å²) in [4.78, 5) is 24.1. The summed E-state index contributed by atoms with van der Waals surface area (Å²) in [5, 5.41) is 6.90. The lowest BCUT2D eigenvalue weighted by Crippen LogP contribution is -2.30. The van der Waals surface area contributed by atoms with Crippen molar-refractivity contribution in [1.29, 1.82) is 0 Å². The van der Waals surface area contributed by atoms with Crippen LogP contribution in [0.4, 0.5) is 10.1 Å². The Morgan fingerprint density at radius 3 is 2.39 bits per heavy atom. The molecule has 0 saturated heterocycles. The van der Waals surface area contributed by atoms with E-state index in [0.29, 0.717) is 11.4 Å². The molecule has 1 aromatic heterocycles. The molecular weight excluding hydrogens is 301 g/mol. The minimum absolute atomic E-state index is 0.180. The van der Waals surface area contributed by atoms with Gasteiger partial charge in [0.05, 0.1) is 22.6 Å². The van der Waals surface area contributed by atoms with Crippen LogP contribution in [-0.4, -0.2) is 27.8 Å². The first-order valence-electron chi connectivity index (χ1n) is 7.07. The van der Waals surface area contributed by atoms with Crippen molar-refractivity contribution in [3.63, 3.8) is 0 Å². The van der Waals surface area contributed by atoms with Crippen LogP contribution in [0.3, 0.4) is 0 Å². The summed E-state index contributed by atoms with van der Waals surface area (Å²) in [5.41, 5.74) is 2.25. The van der Waals surface area contributed by atoms with Gasteiger partial charge in [-0.2, -0.15) is 5.10 Å². The lowest BCUT2D eigenvalue weighted by molar-refractivity contribution is -0.123. The van der Waals surface area contributed by atoms with Gasteiger partial charge in [0, 0.05) is 7.05 Å². The fourth-order valence-corrected chi connectivity index (χ4v) is 2.05. The summed E-state index contributed by atoms with van der Waals surface area (Å²) in [5.74, 6) is -1.60. The van der Waals surface area contributed by atoms with Crippen LogP contribution in [0.2, 0.25) is 0 Å². The van der Waals surface area contributed by atoms with E-state index in [4.69, 9.17) is 4.74 Å². The highest BCUT2D eigenvalue weighted by molar-refractivity contribution is 5.97. The molecule has 0 fully saturated rings. The number of anilines is 1. The Morgan fingerprint density at radius 1 is 1.26 bits per heavy atom. The van der Waals surface area contributed by atoms with E-state index in [1.165, 1.54) is 19.1 Å². The number of hydrogen-bond acceptors (Lipinski definition) is 4. The van der Waals surface area contributed by atoms with E-state index in [1.807, 2.05) is 6.92 Å². The number of aromatic nitrogens is 2. The first-order valence-corrected chi connectivity index (χ1v) is 7.07. The van der Waals surface area contributed by atoms with E-state index in [9.17, 15) is 14.0 Å². The summed E-state index contributed by atoms with van der Waals surface area (Å²) in [6.45, 7) is 5.07. The zero-order chi connectivity index (χ0) is 17.1. The number of aryl methyl sites for hydroxylation is 2. The molecule has 6 nitrogen and oxygen atoms in total. The fourth-order valence-electron chi connectivity index (χ4n) is 2.05. The van der Waals surface area contributed by atoms with Crippen molar-refractivity contribution in [2.45, 2.75) is 26.9 Å². The van der Waals surface area contributed by atoms with Gasteiger partial charge in [-0.15, -0.1) is 0 Å². The van der Waals surface area contributed by atoms with E-state index in [1.54, 1.807) is 18.7 Å². The topological polar surface area (TPSA) is 73.2 Å². The van der Waals surface area contributed by atoms with E-state index in [-0.39, 0.29) is 5.56 Å². The van der Waals surface area contributed by atoms with Gasteiger partial charge in [-0.25, -0.2) is 9.18 Å². The number of ether oxygens (including phenoxy) is 1. The van der Waals surface area contributed by atoms with Gasteiger partial charge >= 0.3 is 5.97 Å². The molecule has 2 rings (SSSR count). The van der Waals surface area contributed by atoms with Crippen molar-refractivity contribution in [3.8, 4) is 0 Å². The van der Waals surface area contributed by atoms with Crippen LogP contribution in [0.5, 0.6) is 0 Å². The van der Waals surface area contributed by atoms with Gasteiger partial charge in [0.1, 0.15) is 5.82 Å². The molecule has 1 heterocycles. The Bertz CT molecular complexity index is 738. The molecule has 1 atom stereocenters. The van der Waals surface area contributed by atoms with Gasteiger partial charge in [-0.3, -0.25) is 9.48 Å². The molecule has 0 spiro atoms. The summed E-state index contributed by atoms with van der Waals surface area (Å²) in [6.07, 6.45) is -0.994. The second kappa shape index (κ2) is 6.60. The molecule has 0 aliphatic carbocycles. The maximum atomic E-state index is 12.8. The largest absolute Gasteiger partial charge is 0.449 e. The predicted octanol–water partition coefficient (Wildman–Crippen LogP) is 2.36. The molecule has 1 aromatic carbocycles. The number of halogens is 1. The van der Waals surface area contributed by atoms with Crippen LogP contribution in [0.25, 0.3) is 0 Å². The van der Waals surface area contributed by atoms with E-state index >= 15 is 0 Å². The van der Waals surface area contributed by atoms with E-state index in [2.05, 4.69) is 10.4 Å². The monoisotopic (exact) mass is 319 g/mol. The molecule has 2 aromatic rings. The van der Waals surface area contributed by atoms with Gasteiger partial charge < -0.3 is 10.1 Å². The highest BCUT2D eigenvalue weighted by Gasteiger charge is 2.21. The van der Waals surface area contributed by atoms with Gasteiger partial charge in [-0.1, -0.05) is 0 Å². The second-order valence-corrected chi connectivity index (χ2v) is 5.21. The molecule has 0 radical (unpaired) electrons. The van der Waals surface area contributed by atoms with Crippen LogP contribution in [0.1, 0.15) is 28.7 Å². The summed E-state index contributed by atoms with van der Waals surface area (Å²) >= 11 is 0. The highest BCUT2D eigenvalue weighted by Crippen LogP contribution is 2.19. The maximum Gasteiger partial charge on any atom is 0.338 e. The second-order valence-electron chi connectivity index (χ2n) is 5.21. The third-order valence-corrected chi connectivity index (χ3v) is 3.49. The normalized spacial score (nSPS) is 11.9. The lowest BCUT2D eigenvalue weighted by atomic mass is 10.2. The van der Waals surface area contributed by atoms with E-state index in [0.717, 1.165) is 17.8 Å². The SMILES string of the molecule is Cc1nn(C)c(C)c1NC(=O)[C@H](C)OC(=O)c1ccc(F)cc1. The summed E-state index contributed by atoms with van der Waals surface area (Å²) in [7, 11) is 1.77. The quantitative estimate of drug-likeness (QED) is 0.878. The zero-order valence-electron chi connectivity index (χ0n) is 13.4. The smallest absolute Gasteiger partial charge is 0.338 e. The maximum absolute atomic E-state index is 12.8. The third-order valence-electron chi connectivity index (χ3n) is 3.49. The van der Waals surface area contributed by atoms with Crippen LogP contribution >= 0.6 is 0 Å². The number of carbonyl (C=O) groups is 2. The average molecular weight is 319 g/mol. The molecule has 0 saturated carbocycles. The lowest BCUT2D eigenvalue weighted by Gasteiger charge is -2.13. The van der Waals surface area contributed by atoms with Crippen molar-refractivity contribution in [2.75, 3.05) is 5.32 Å². The first kappa shape index (κ1) is 16.7. The Labute approximate surface area is 133 Å². The average Bonchev–Trinajstić information content (AvgIpc) is 2.74. The molecule has 23 heavy (non-hydrogen) atoms. The molecule has 122 valence electrons. The van der Waals surface area contributed by atoms with Crippen molar-refractivity contribution in [3.05, 3.63) is 47.0 Å². The third kappa shape index (κ3) is 3.74. The predicted molar refractivity (Wildman–Crippen MR) is 82.6 cm³/mol. The number of nitrogens with one attached hydrogen (secondary N) is 1. The number of nitrogens with zero attached hydrogens (tertiary/aromatic N) is 2. The number of amides is 1. The van der Waals surface area contributed by atoms with Crippen molar-refractivity contribution in [2.24, 2.45) is 7.05 Å². The van der Waals surface area contributed by atoms with Crippen LogP contribution in [0, 0.1) is 19.7 Å². The highest BCUT2D eigenvalue weighted by atomic mass is 19.1. The number of benzene rings is 1. The Hall–Kier alpha value is -2.70. The molecule has 0 aliphatic rings. The molecule has 7 heteroatoms. The Balaban J connectivity index is 2.02. The summed E-state index contributed by atoms with van der Waals surface area (Å²) < 4.78 is 19.6. The van der Waals surface area contributed by atoms with Crippen LogP contribution in [0.15, 0.2) is 24.3 Å². The molecular formula is C16H18FN3O3. The minimum Gasteiger partial charge on any atom is -0.449 e. The number of esters is 1. The minimum atomic E-state index is -0.994. The summed E-state index contributed by atoms with van der Waals surface area (Å²) in [6, 6.07) is 4.92. The molecule has 0 aliphatic heterocycles. The standard InChI is InChI=1S/C16H18FN3O3/c1-9-14(10(2)20(4)19-9)18-15(21)11(3)23-16(22)12-5-7-13(17)8-6-12/h5-8,11H,1-4H3,(H,18,21)/t11-/m0/s1. The fraction of sp³-hybridized carbons (Fsp3) is 0.312. The Morgan fingerprint density at radius 2 is 1.87 bits per heavy atom. The number of rotatable bonds is 4. The number of carbonyl (C=O) groups excluding carboxylic acids is 2. The van der Waals surface area contributed by atoms with Gasteiger partial charge in [0.25, 0.3) is 5.91 Å². The van der Waals surface area contributed by atoms with E-state index < -0.39 is 23.8 Å². The Kier molecular flexibility index (Phi) is 4.78. The van der Waals surface area contributed by atoms with Gasteiger partial charge in [0.15, 0.2) is 6.10 Å². The van der Waals surface area contributed by atoms with Crippen molar-refractivity contribution >= 4 is 17.6 Å². The van der Waals surface area contributed by atoms with Crippen LogP contribution < -0.4 is 5.32 Å². The first-order chi connectivity index (χ1) is 10.8. The molecule has 0 unspecified atom stereocenters. The van der Waals surface area contributed by atoms with Gasteiger partial charge in [-0.05, 0) is 45.0 Å². The molecule has 0 bridgehead atoms.